The van der Waals surface area contributed by atoms with Crippen molar-refractivity contribution >= 4 is 6.21 Å². The molecule has 1 unspecified atom stereocenters. The third kappa shape index (κ3) is 7.40. The Morgan fingerprint density at radius 3 is 2.42 bits per heavy atom. The molecule has 0 amide bonds. The molecule has 0 rings (SSSR count). The van der Waals surface area contributed by atoms with Crippen LogP contribution < -0.4 is 0 Å². The Kier molecular flexibility index (Phi) is 9.42. The number of allylic oxidation sites excluding steroid dienone is 7. The lowest BCUT2D eigenvalue weighted by molar-refractivity contribution is 0.559. The van der Waals surface area contributed by atoms with E-state index < -0.39 is 0 Å². The minimum absolute atomic E-state index is 0.651. The molecule has 0 aliphatic carbocycles. The number of aliphatic imine (C=N–C) groups is 1. The Morgan fingerprint density at radius 1 is 1.26 bits per heavy atom. The van der Waals surface area contributed by atoms with Crippen LogP contribution in [0.2, 0.25) is 0 Å². The first-order valence-electron chi connectivity index (χ1n) is 6.90. The van der Waals surface area contributed by atoms with Crippen molar-refractivity contribution < 1.29 is 0 Å². The topological polar surface area (TPSA) is 12.4 Å². The van der Waals surface area contributed by atoms with E-state index in [9.17, 15) is 0 Å². The predicted octanol–water partition coefficient (Wildman–Crippen LogP) is 5.64. The maximum atomic E-state index is 4.45. The zero-order chi connectivity index (χ0) is 14.7. The van der Waals surface area contributed by atoms with Gasteiger partial charge in [0.2, 0.25) is 0 Å². The second kappa shape index (κ2) is 10.3. The molecule has 0 heterocycles. The molecule has 104 valence electrons. The second-order valence-electron chi connectivity index (χ2n) is 4.71. The Balaban J connectivity index is 5.30. The number of nitrogens with zero attached hydrogens (tertiary/aromatic N) is 1. The molecule has 0 fully saturated rings. The van der Waals surface area contributed by atoms with Crippen LogP contribution in [-0.4, -0.2) is 6.21 Å². The highest BCUT2D eigenvalue weighted by Crippen LogP contribution is 2.22. The van der Waals surface area contributed by atoms with Crippen LogP contribution in [0.5, 0.6) is 0 Å². The highest BCUT2D eigenvalue weighted by Gasteiger charge is 2.07. The first kappa shape index (κ1) is 17.4. The van der Waals surface area contributed by atoms with Gasteiger partial charge in [-0.25, -0.2) is 0 Å². The lowest BCUT2D eigenvalue weighted by Crippen LogP contribution is -1.97. The van der Waals surface area contributed by atoms with Crippen molar-refractivity contribution in [2.45, 2.75) is 40.5 Å². The van der Waals surface area contributed by atoms with Crippen LogP contribution in [0.3, 0.4) is 0 Å². The summed E-state index contributed by atoms with van der Waals surface area (Å²) in [6, 6.07) is 0. The van der Waals surface area contributed by atoms with Gasteiger partial charge in [-0.15, -0.1) is 0 Å². The van der Waals surface area contributed by atoms with Crippen LogP contribution in [0.25, 0.3) is 0 Å². The molecular formula is C18H27N. The molecule has 0 saturated heterocycles. The third-order valence-corrected chi connectivity index (χ3v) is 3.06. The Bertz CT molecular complexity index is 405. The lowest BCUT2D eigenvalue weighted by Gasteiger charge is -2.12. The highest BCUT2D eigenvalue weighted by molar-refractivity contribution is 5.72. The van der Waals surface area contributed by atoms with Gasteiger partial charge in [-0.05, 0) is 31.8 Å². The summed E-state index contributed by atoms with van der Waals surface area (Å²) in [4.78, 5) is 4.45. The average Bonchev–Trinajstić information content (AvgIpc) is 2.44. The molecule has 0 spiro atoms. The normalized spacial score (nSPS) is 15.7. The van der Waals surface area contributed by atoms with E-state index in [4.69, 9.17) is 0 Å². The fraction of sp³-hybridized carbons (Fsp3) is 0.389. The fourth-order valence-corrected chi connectivity index (χ4v) is 1.55. The van der Waals surface area contributed by atoms with Crippen molar-refractivity contribution in [3.05, 3.63) is 60.4 Å². The summed E-state index contributed by atoms with van der Waals surface area (Å²) < 4.78 is 0. The average molecular weight is 257 g/mol. The molecule has 19 heavy (non-hydrogen) atoms. The molecule has 0 N–H and O–H groups in total. The molecule has 0 aromatic rings. The van der Waals surface area contributed by atoms with Gasteiger partial charge in [0.15, 0.2) is 0 Å². The minimum Gasteiger partial charge on any atom is -0.257 e. The minimum atomic E-state index is 0.651. The summed E-state index contributed by atoms with van der Waals surface area (Å²) in [7, 11) is 0. The first-order valence-corrected chi connectivity index (χ1v) is 6.90. The zero-order valence-corrected chi connectivity index (χ0v) is 12.8. The monoisotopic (exact) mass is 257 g/mol. The van der Waals surface area contributed by atoms with E-state index in [0.29, 0.717) is 5.92 Å². The molecule has 0 aliphatic heterocycles. The van der Waals surface area contributed by atoms with E-state index in [1.54, 1.807) is 12.3 Å². The molecule has 0 aromatic heterocycles. The van der Waals surface area contributed by atoms with E-state index in [2.05, 4.69) is 44.1 Å². The van der Waals surface area contributed by atoms with Crippen LogP contribution in [0.1, 0.15) is 40.5 Å². The second-order valence-corrected chi connectivity index (χ2v) is 4.71. The Hall–Kier alpha value is -1.63. The van der Waals surface area contributed by atoms with Crippen LogP contribution in [0.4, 0.5) is 0 Å². The SMILES string of the molecule is C=CC=NC(=C\C)/C(=C/C=C(\C)C=C)CC(C)CC. The van der Waals surface area contributed by atoms with Gasteiger partial charge in [0.25, 0.3) is 0 Å². The maximum absolute atomic E-state index is 4.45. The van der Waals surface area contributed by atoms with Crippen LogP contribution >= 0.6 is 0 Å². The summed E-state index contributed by atoms with van der Waals surface area (Å²) in [5.41, 5.74) is 3.44. The van der Waals surface area contributed by atoms with Crippen LogP contribution in [-0.2, 0) is 0 Å². The largest absolute Gasteiger partial charge is 0.257 e. The van der Waals surface area contributed by atoms with Gasteiger partial charge in [-0.1, -0.05) is 69.4 Å². The summed E-state index contributed by atoms with van der Waals surface area (Å²) >= 11 is 0. The predicted molar refractivity (Wildman–Crippen MR) is 88.6 cm³/mol. The number of hydrogen-bond acceptors (Lipinski definition) is 1. The molecule has 0 radical (unpaired) electrons. The van der Waals surface area contributed by atoms with Crippen molar-refractivity contribution in [3.8, 4) is 0 Å². The van der Waals surface area contributed by atoms with Gasteiger partial charge in [0.05, 0.1) is 5.70 Å². The van der Waals surface area contributed by atoms with E-state index in [1.807, 2.05) is 26.0 Å². The van der Waals surface area contributed by atoms with E-state index in [0.717, 1.165) is 17.7 Å². The molecule has 1 heteroatoms. The summed E-state index contributed by atoms with van der Waals surface area (Å²) in [6.07, 6.45) is 13.8. The summed E-state index contributed by atoms with van der Waals surface area (Å²) in [6.45, 7) is 16.0. The first-order chi connectivity index (χ1) is 9.08. The van der Waals surface area contributed by atoms with Gasteiger partial charge in [-0.2, -0.15) is 0 Å². The smallest absolute Gasteiger partial charge is 0.0619 e. The van der Waals surface area contributed by atoms with Gasteiger partial charge < -0.3 is 0 Å². The fourth-order valence-electron chi connectivity index (χ4n) is 1.55. The molecule has 0 bridgehead atoms. The molecule has 0 saturated carbocycles. The maximum Gasteiger partial charge on any atom is 0.0619 e. The molecule has 1 nitrogen and oxygen atoms in total. The number of rotatable bonds is 8. The molecular weight excluding hydrogens is 230 g/mol. The Morgan fingerprint density at radius 2 is 1.95 bits per heavy atom. The van der Waals surface area contributed by atoms with Crippen molar-refractivity contribution in [2.75, 3.05) is 0 Å². The van der Waals surface area contributed by atoms with Crippen molar-refractivity contribution in [1.82, 2.24) is 0 Å². The Labute approximate surface area is 118 Å². The van der Waals surface area contributed by atoms with Gasteiger partial charge in [-0.3, -0.25) is 4.99 Å². The third-order valence-electron chi connectivity index (χ3n) is 3.06. The zero-order valence-electron chi connectivity index (χ0n) is 12.8. The number of hydrogen-bond donors (Lipinski definition) is 0. The van der Waals surface area contributed by atoms with E-state index >= 15 is 0 Å². The van der Waals surface area contributed by atoms with Crippen LogP contribution in [0.15, 0.2) is 65.4 Å². The van der Waals surface area contributed by atoms with Crippen molar-refractivity contribution in [2.24, 2.45) is 10.9 Å². The molecule has 0 aliphatic rings. The van der Waals surface area contributed by atoms with Gasteiger partial charge in [0.1, 0.15) is 0 Å². The van der Waals surface area contributed by atoms with Gasteiger partial charge >= 0.3 is 0 Å². The summed E-state index contributed by atoms with van der Waals surface area (Å²) in [5.74, 6) is 0.651. The molecule has 1 atom stereocenters. The lowest BCUT2D eigenvalue weighted by atomic mass is 9.96. The van der Waals surface area contributed by atoms with E-state index in [1.165, 1.54) is 12.0 Å². The quantitative estimate of drug-likeness (QED) is 0.394. The van der Waals surface area contributed by atoms with E-state index in [-0.39, 0.29) is 0 Å². The standard InChI is InChI=1S/C18H27N/c1-7-13-19-18(10-4)17(14-16(6)9-3)12-11-15(5)8-2/h7-8,10-13,16H,1-2,9,14H2,3-6H3/b15-11+,17-12+,18-10-,19-13?. The highest BCUT2D eigenvalue weighted by atomic mass is 14.7. The van der Waals surface area contributed by atoms with Crippen molar-refractivity contribution in [3.63, 3.8) is 0 Å². The van der Waals surface area contributed by atoms with Crippen molar-refractivity contribution in [1.29, 1.82) is 0 Å². The van der Waals surface area contributed by atoms with Gasteiger partial charge in [0, 0.05) is 6.21 Å². The van der Waals surface area contributed by atoms with Crippen LogP contribution in [0, 0.1) is 5.92 Å². The summed E-state index contributed by atoms with van der Waals surface area (Å²) in [5, 5.41) is 0. The molecule has 0 aromatic carbocycles.